The molecule has 0 aliphatic rings. The van der Waals surface area contributed by atoms with Gasteiger partial charge in [0.15, 0.2) is 8.32 Å². The third-order valence-electron chi connectivity index (χ3n) is 3.17. The van der Waals surface area contributed by atoms with Crippen LogP contribution in [0.25, 0.3) is 0 Å². The van der Waals surface area contributed by atoms with E-state index in [1.807, 2.05) is 0 Å². The van der Waals surface area contributed by atoms with Crippen LogP contribution in [0.5, 0.6) is 0 Å². The molecule has 0 amide bonds. The third kappa shape index (κ3) is 6.07. The van der Waals surface area contributed by atoms with Crippen LogP contribution < -0.4 is 0 Å². The maximum absolute atomic E-state index is 6.07. The van der Waals surface area contributed by atoms with Crippen molar-refractivity contribution in [1.82, 2.24) is 0 Å². The Bertz CT molecular complexity index is 216. The van der Waals surface area contributed by atoms with Gasteiger partial charge in [-0.1, -0.05) is 55.0 Å². The van der Waals surface area contributed by atoms with E-state index < -0.39 is 8.32 Å². The van der Waals surface area contributed by atoms with Crippen LogP contribution in [0, 0.1) is 0 Å². The first-order valence-corrected chi connectivity index (χ1v) is 9.99. The first-order valence-electron chi connectivity index (χ1n) is 5.56. The fourth-order valence-electron chi connectivity index (χ4n) is 0.860. The lowest BCUT2D eigenvalue weighted by atomic mass is 10.2. The van der Waals surface area contributed by atoms with E-state index in [1.165, 1.54) is 16.4 Å². The molecule has 0 heterocycles. The minimum absolute atomic E-state index is 0.317. The molecule has 0 aromatic carbocycles. The zero-order chi connectivity index (χ0) is 12.1. The molecule has 0 N–H and O–H groups in total. The predicted molar refractivity (Wildman–Crippen MR) is 80.4 cm³/mol. The minimum Gasteiger partial charge on any atom is -0.413 e. The lowest BCUT2D eigenvalue weighted by molar-refractivity contribution is 0.327. The van der Waals surface area contributed by atoms with Crippen LogP contribution in [-0.2, 0) is 4.43 Å². The highest BCUT2D eigenvalue weighted by Crippen LogP contribution is 2.36. The topological polar surface area (TPSA) is 9.23 Å². The number of allylic oxidation sites excluding steroid dienone is 1. The summed E-state index contributed by atoms with van der Waals surface area (Å²) in [5, 5.41) is 0.317. The van der Waals surface area contributed by atoms with Gasteiger partial charge in [0.1, 0.15) is 0 Å². The number of alkyl halides is 1. The molecule has 0 saturated heterocycles. The molecule has 0 rings (SSSR count). The average molecular weight is 340 g/mol. The summed E-state index contributed by atoms with van der Waals surface area (Å²) in [6.45, 7) is 14.4. The van der Waals surface area contributed by atoms with Crippen LogP contribution >= 0.6 is 22.6 Å². The number of hydrogen-bond donors (Lipinski definition) is 0. The third-order valence-corrected chi connectivity index (χ3v) is 8.21. The molecule has 0 fully saturated rings. The van der Waals surface area contributed by atoms with Gasteiger partial charge in [-0.3, -0.25) is 0 Å². The van der Waals surface area contributed by atoms with Crippen LogP contribution in [-0.4, -0.2) is 19.4 Å². The van der Waals surface area contributed by atoms with Crippen molar-refractivity contribution in [2.24, 2.45) is 0 Å². The van der Waals surface area contributed by atoms with Crippen LogP contribution in [0.2, 0.25) is 18.1 Å². The van der Waals surface area contributed by atoms with Gasteiger partial charge in [0.2, 0.25) is 0 Å². The summed E-state index contributed by atoms with van der Waals surface area (Å²) < 4.78 is 7.27. The van der Waals surface area contributed by atoms with Crippen molar-refractivity contribution in [2.45, 2.75) is 52.2 Å². The largest absolute Gasteiger partial charge is 0.413 e. The van der Waals surface area contributed by atoms with E-state index in [2.05, 4.69) is 69.5 Å². The number of halogens is 1. The predicted octanol–water partition coefficient (Wildman–Crippen LogP) is 4.78. The number of rotatable bonds is 5. The average Bonchev–Trinajstić information content (AvgIpc) is 2.01. The molecule has 0 aliphatic heterocycles. The van der Waals surface area contributed by atoms with E-state index in [0.29, 0.717) is 5.04 Å². The fourth-order valence-corrected chi connectivity index (χ4v) is 2.64. The van der Waals surface area contributed by atoms with Gasteiger partial charge in [-0.25, -0.2) is 0 Å². The Morgan fingerprint density at radius 3 is 2.27 bits per heavy atom. The van der Waals surface area contributed by atoms with Crippen LogP contribution in [0.3, 0.4) is 0 Å². The Hall–Kier alpha value is 0.647. The monoisotopic (exact) mass is 340 g/mol. The second-order valence-corrected chi connectivity index (χ2v) is 11.4. The summed E-state index contributed by atoms with van der Waals surface area (Å²) in [7, 11) is -1.54. The van der Waals surface area contributed by atoms with Gasteiger partial charge < -0.3 is 4.43 Å². The van der Waals surface area contributed by atoms with Crippen molar-refractivity contribution in [3.8, 4) is 0 Å². The summed E-state index contributed by atoms with van der Waals surface area (Å²) in [6.07, 6.45) is 3.42. The lowest BCUT2D eigenvalue weighted by Crippen LogP contribution is -2.40. The van der Waals surface area contributed by atoms with Crippen molar-refractivity contribution in [3.05, 3.63) is 11.6 Å². The SMILES string of the molecule is C/C(=C\CO[Si](C)(C)C(C)(C)C)CCI. The summed E-state index contributed by atoms with van der Waals surface area (Å²) in [5.74, 6) is 0. The van der Waals surface area contributed by atoms with E-state index >= 15 is 0 Å². The first-order chi connectivity index (χ1) is 6.70. The highest BCUT2D eigenvalue weighted by molar-refractivity contribution is 14.1. The molecule has 0 unspecified atom stereocenters. The van der Waals surface area contributed by atoms with E-state index in [9.17, 15) is 0 Å². The maximum Gasteiger partial charge on any atom is 0.192 e. The van der Waals surface area contributed by atoms with Crippen LogP contribution in [0.4, 0.5) is 0 Å². The van der Waals surface area contributed by atoms with Crippen LogP contribution in [0.1, 0.15) is 34.1 Å². The molecule has 0 aliphatic carbocycles. The second kappa shape index (κ2) is 6.40. The summed E-state index contributed by atoms with van der Waals surface area (Å²) in [4.78, 5) is 0. The van der Waals surface area contributed by atoms with Gasteiger partial charge in [0.25, 0.3) is 0 Å². The van der Waals surface area contributed by atoms with Crippen LogP contribution in [0.15, 0.2) is 11.6 Å². The Morgan fingerprint density at radius 1 is 1.33 bits per heavy atom. The van der Waals surface area contributed by atoms with E-state index in [4.69, 9.17) is 4.43 Å². The molecule has 15 heavy (non-hydrogen) atoms. The molecule has 0 aromatic rings. The highest BCUT2D eigenvalue weighted by atomic mass is 127. The molecule has 0 aromatic heterocycles. The van der Waals surface area contributed by atoms with Crippen molar-refractivity contribution >= 4 is 30.9 Å². The van der Waals surface area contributed by atoms with Crippen molar-refractivity contribution in [3.63, 3.8) is 0 Å². The summed E-state index contributed by atoms with van der Waals surface area (Å²) in [5.41, 5.74) is 1.45. The van der Waals surface area contributed by atoms with Crippen molar-refractivity contribution in [2.75, 3.05) is 11.0 Å². The summed E-state index contributed by atoms with van der Waals surface area (Å²) >= 11 is 2.41. The first kappa shape index (κ1) is 15.6. The van der Waals surface area contributed by atoms with Gasteiger partial charge in [0, 0.05) is 4.43 Å². The highest BCUT2D eigenvalue weighted by Gasteiger charge is 2.36. The Morgan fingerprint density at radius 2 is 1.87 bits per heavy atom. The smallest absolute Gasteiger partial charge is 0.192 e. The molecule has 1 nitrogen and oxygen atoms in total. The van der Waals surface area contributed by atoms with Gasteiger partial charge in [-0.15, -0.1) is 0 Å². The fraction of sp³-hybridized carbons (Fsp3) is 0.833. The van der Waals surface area contributed by atoms with Gasteiger partial charge >= 0.3 is 0 Å². The number of hydrogen-bond acceptors (Lipinski definition) is 1. The van der Waals surface area contributed by atoms with E-state index in [-0.39, 0.29) is 0 Å². The van der Waals surface area contributed by atoms with Gasteiger partial charge in [-0.2, -0.15) is 0 Å². The van der Waals surface area contributed by atoms with Gasteiger partial charge in [-0.05, 0) is 31.5 Å². The van der Waals surface area contributed by atoms with E-state index in [1.54, 1.807) is 0 Å². The Labute approximate surface area is 110 Å². The second-order valence-electron chi connectivity index (χ2n) is 5.56. The Balaban J connectivity index is 4.11. The zero-order valence-corrected chi connectivity index (χ0v) is 14.1. The van der Waals surface area contributed by atoms with Crippen molar-refractivity contribution in [1.29, 1.82) is 0 Å². The molecular weight excluding hydrogens is 315 g/mol. The summed E-state index contributed by atoms with van der Waals surface area (Å²) in [6, 6.07) is 0. The normalized spacial score (nSPS) is 14.5. The minimum atomic E-state index is -1.54. The lowest BCUT2D eigenvalue weighted by Gasteiger charge is -2.35. The van der Waals surface area contributed by atoms with E-state index in [0.717, 1.165) is 6.61 Å². The van der Waals surface area contributed by atoms with Gasteiger partial charge in [0.05, 0.1) is 6.61 Å². The molecule has 0 spiro atoms. The van der Waals surface area contributed by atoms with Crippen molar-refractivity contribution < 1.29 is 4.43 Å². The quantitative estimate of drug-likeness (QED) is 0.303. The molecule has 0 radical (unpaired) electrons. The Kier molecular flexibility index (Phi) is 6.67. The molecule has 3 heteroatoms. The maximum atomic E-state index is 6.07. The molecule has 90 valence electrons. The zero-order valence-electron chi connectivity index (χ0n) is 11.0. The molecule has 0 atom stereocenters. The molecule has 0 saturated carbocycles. The molecular formula is C12H25IOSi. The molecule has 0 bridgehead atoms. The standard InChI is InChI=1S/C12H25IOSi/c1-11(7-9-13)8-10-14-15(5,6)12(2,3)4/h8H,7,9-10H2,1-6H3/b11-8+.